The van der Waals surface area contributed by atoms with Crippen LogP contribution in [0.3, 0.4) is 0 Å². The summed E-state index contributed by atoms with van der Waals surface area (Å²) in [5.41, 5.74) is 2.37. The van der Waals surface area contributed by atoms with Crippen LogP contribution in [0.25, 0.3) is 0 Å². The SMILES string of the molecule is CSNCCc1ccc(C)nc1. The summed E-state index contributed by atoms with van der Waals surface area (Å²) in [5.74, 6) is 0. The van der Waals surface area contributed by atoms with Crippen LogP contribution in [0.1, 0.15) is 11.3 Å². The first-order valence-electron chi connectivity index (χ1n) is 4.00. The number of pyridine rings is 1. The first-order chi connectivity index (χ1) is 5.83. The van der Waals surface area contributed by atoms with E-state index < -0.39 is 0 Å². The Hall–Kier alpha value is -0.540. The first-order valence-corrected chi connectivity index (χ1v) is 5.23. The van der Waals surface area contributed by atoms with Crippen LogP contribution in [0.2, 0.25) is 0 Å². The molecule has 12 heavy (non-hydrogen) atoms. The Morgan fingerprint density at radius 2 is 2.33 bits per heavy atom. The van der Waals surface area contributed by atoms with Crippen LogP contribution in [0.4, 0.5) is 0 Å². The number of aromatic nitrogens is 1. The Labute approximate surface area is 77.9 Å². The molecular formula is C9H14N2S. The van der Waals surface area contributed by atoms with E-state index in [4.69, 9.17) is 0 Å². The van der Waals surface area contributed by atoms with Crippen LogP contribution in [0.5, 0.6) is 0 Å². The molecule has 0 unspecified atom stereocenters. The van der Waals surface area contributed by atoms with Crippen molar-refractivity contribution in [3.8, 4) is 0 Å². The third kappa shape index (κ3) is 3.24. The van der Waals surface area contributed by atoms with Gasteiger partial charge in [0.1, 0.15) is 0 Å². The second kappa shape index (κ2) is 5.17. The van der Waals surface area contributed by atoms with Gasteiger partial charge in [0.25, 0.3) is 0 Å². The zero-order valence-electron chi connectivity index (χ0n) is 7.50. The predicted octanol–water partition coefficient (Wildman–Crippen LogP) is 1.80. The number of nitrogens with zero attached hydrogens (tertiary/aromatic N) is 1. The normalized spacial score (nSPS) is 10.2. The molecule has 0 saturated carbocycles. The van der Waals surface area contributed by atoms with Gasteiger partial charge in [0.15, 0.2) is 0 Å². The van der Waals surface area contributed by atoms with E-state index in [1.165, 1.54) is 5.56 Å². The van der Waals surface area contributed by atoms with Gasteiger partial charge in [-0.2, -0.15) is 0 Å². The van der Waals surface area contributed by atoms with Gasteiger partial charge < -0.3 is 0 Å². The summed E-state index contributed by atoms with van der Waals surface area (Å²) in [6.07, 6.45) is 5.03. The molecule has 0 spiro atoms. The lowest BCUT2D eigenvalue weighted by atomic mass is 10.2. The van der Waals surface area contributed by atoms with E-state index in [0.29, 0.717) is 0 Å². The molecule has 0 aliphatic carbocycles. The number of hydrogen-bond acceptors (Lipinski definition) is 3. The zero-order chi connectivity index (χ0) is 8.81. The van der Waals surface area contributed by atoms with E-state index in [1.807, 2.05) is 19.4 Å². The molecule has 0 bridgehead atoms. The van der Waals surface area contributed by atoms with Crippen molar-refractivity contribution in [1.29, 1.82) is 0 Å². The minimum atomic E-state index is 1.01. The van der Waals surface area contributed by atoms with Gasteiger partial charge in [-0.15, -0.1) is 0 Å². The number of hydrogen-bond donors (Lipinski definition) is 1. The van der Waals surface area contributed by atoms with Gasteiger partial charge in [-0.05, 0) is 31.2 Å². The molecule has 0 aliphatic heterocycles. The summed E-state index contributed by atoms with van der Waals surface area (Å²) in [4.78, 5) is 4.22. The zero-order valence-corrected chi connectivity index (χ0v) is 8.32. The van der Waals surface area contributed by atoms with E-state index >= 15 is 0 Å². The molecular weight excluding hydrogens is 168 g/mol. The molecule has 0 radical (unpaired) electrons. The number of rotatable bonds is 4. The van der Waals surface area contributed by atoms with Gasteiger partial charge in [-0.25, -0.2) is 0 Å². The fourth-order valence-electron chi connectivity index (χ4n) is 0.944. The third-order valence-electron chi connectivity index (χ3n) is 1.63. The number of nitrogens with one attached hydrogen (secondary N) is 1. The summed E-state index contributed by atoms with van der Waals surface area (Å²) in [6, 6.07) is 4.18. The number of aryl methyl sites for hydroxylation is 1. The minimum Gasteiger partial charge on any atom is -0.264 e. The Bertz CT molecular complexity index is 220. The summed E-state index contributed by atoms with van der Waals surface area (Å²) < 4.78 is 3.20. The summed E-state index contributed by atoms with van der Waals surface area (Å²) in [7, 11) is 0. The summed E-state index contributed by atoms with van der Waals surface area (Å²) >= 11 is 1.65. The maximum Gasteiger partial charge on any atom is 0.0372 e. The average molecular weight is 182 g/mol. The van der Waals surface area contributed by atoms with Gasteiger partial charge in [0, 0.05) is 18.4 Å². The van der Waals surface area contributed by atoms with Crippen molar-refractivity contribution in [2.45, 2.75) is 13.3 Å². The van der Waals surface area contributed by atoms with Crippen molar-refractivity contribution in [2.75, 3.05) is 12.8 Å². The topological polar surface area (TPSA) is 24.9 Å². The molecule has 0 amide bonds. The molecule has 2 nitrogen and oxygen atoms in total. The van der Waals surface area contributed by atoms with Crippen LogP contribution in [-0.2, 0) is 6.42 Å². The fraction of sp³-hybridized carbons (Fsp3) is 0.444. The molecule has 1 aromatic heterocycles. The van der Waals surface area contributed by atoms with Crippen molar-refractivity contribution in [3.63, 3.8) is 0 Å². The monoisotopic (exact) mass is 182 g/mol. The Morgan fingerprint density at radius 1 is 1.50 bits per heavy atom. The van der Waals surface area contributed by atoms with E-state index in [1.54, 1.807) is 11.9 Å². The van der Waals surface area contributed by atoms with Gasteiger partial charge in [-0.3, -0.25) is 9.71 Å². The molecule has 0 aromatic carbocycles. The van der Waals surface area contributed by atoms with Gasteiger partial charge >= 0.3 is 0 Å². The van der Waals surface area contributed by atoms with Gasteiger partial charge in [0.05, 0.1) is 0 Å². The molecule has 0 saturated heterocycles. The molecule has 0 atom stereocenters. The Morgan fingerprint density at radius 3 is 2.92 bits per heavy atom. The van der Waals surface area contributed by atoms with E-state index in [2.05, 4.69) is 21.8 Å². The van der Waals surface area contributed by atoms with Crippen LogP contribution < -0.4 is 4.72 Å². The molecule has 0 fully saturated rings. The summed E-state index contributed by atoms with van der Waals surface area (Å²) in [6.45, 7) is 3.01. The molecule has 1 rings (SSSR count). The van der Waals surface area contributed by atoms with Gasteiger partial charge in [0.2, 0.25) is 0 Å². The van der Waals surface area contributed by atoms with Gasteiger partial charge in [-0.1, -0.05) is 18.0 Å². The van der Waals surface area contributed by atoms with Crippen molar-refractivity contribution < 1.29 is 0 Å². The molecule has 1 heterocycles. The maximum absolute atomic E-state index is 4.22. The van der Waals surface area contributed by atoms with Crippen molar-refractivity contribution in [1.82, 2.24) is 9.71 Å². The molecule has 3 heteroatoms. The van der Waals surface area contributed by atoms with Crippen LogP contribution in [-0.4, -0.2) is 17.8 Å². The van der Waals surface area contributed by atoms with E-state index in [9.17, 15) is 0 Å². The first kappa shape index (κ1) is 9.55. The second-order valence-electron chi connectivity index (χ2n) is 2.66. The highest BCUT2D eigenvalue weighted by Crippen LogP contribution is 1.99. The molecule has 66 valence electrons. The molecule has 1 N–H and O–H groups in total. The Kier molecular flexibility index (Phi) is 4.11. The second-order valence-corrected chi connectivity index (χ2v) is 3.35. The molecule has 1 aromatic rings. The van der Waals surface area contributed by atoms with Crippen LogP contribution in [0.15, 0.2) is 18.3 Å². The van der Waals surface area contributed by atoms with Crippen LogP contribution in [0, 0.1) is 6.92 Å². The van der Waals surface area contributed by atoms with Crippen molar-refractivity contribution in [2.24, 2.45) is 0 Å². The highest BCUT2D eigenvalue weighted by molar-refractivity contribution is 7.96. The fourth-order valence-corrected chi connectivity index (χ4v) is 1.25. The smallest absolute Gasteiger partial charge is 0.0372 e. The summed E-state index contributed by atoms with van der Waals surface area (Å²) in [5, 5.41) is 0. The maximum atomic E-state index is 4.22. The largest absolute Gasteiger partial charge is 0.264 e. The Balaban J connectivity index is 2.37. The van der Waals surface area contributed by atoms with Crippen LogP contribution >= 0.6 is 11.9 Å². The van der Waals surface area contributed by atoms with E-state index in [-0.39, 0.29) is 0 Å². The minimum absolute atomic E-state index is 1.01. The lowest BCUT2D eigenvalue weighted by Gasteiger charge is -2.00. The quantitative estimate of drug-likeness (QED) is 0.568. The molecule has 0 aliphatic rings. The highest BCUT2D eigenvalue weighted by Gasteiger charge is 1.91. The predicted molar refractivity (Wildman–Crippen MR) is 54.2 cm³/mol. The van der Waals surface area contributed by atoms with E-state index in [0.717, 1.165) is 18.7 Å². The third-order valence-corrected chi connectivity index (χ3v) is 2.13. The van der Waals surface area contributed by atoms with Crippen molar-refractivity contribution >= 4 is 11.9 Å². The average Bonchev–Trinajstić information content (AvgIpc) is 2.09. The lowest BCUT2D eigenvalue weighted by molar-refractivity contribution is 0.901. The highest BCUT2D eigenvalue weighted by atomic mass is 32.2. The standard InChI is InChI=1S/C9H14N2S/c1-8-3-4-9(7-10-8)5-6-11-12-2/h3-4,7,11H,5-6H2,1-2H3. The lowest BCUT2D eigenvalue weighted by Crippen LogP contribution is -2.07. The van der Waals surface area contributed by atoms with Crippen molar-refractivity contribution in [3.05, 3.63) is 29.6 Å².